The van der Waals surface area contributed by atoms with Gasteiger partial charge in [-0.2, -0.15) is 0 Å². The van der Waals surface area contributed by atoms with Gasteiger partial charge in [0.05, 0.1) is 16.0 Å². The molecule has 0 fully saturated rings. The van der Waals surface area contributed by atoms with Gasteiger partial charge in [-0.05, 0) is 37.6 Å². The number of nitrogens with zero attached hydrogens (tertiary/aromatic N) is 3. The van der Waals surface area contributed by atoms with E-state index < -0.39 is 0 Å². The summed E-state index contributed by atoms with van der Waals surface area (Å²) in [7, 11) is 0. The van der Waals surface area contributed by atoms with Crippen molar-refractivity contribution < 1.29 is 4.79 Å². The molecule has 0 radical (unpaired) electrons. The SMILES string of the molecule is CCn1c(Cc2ccccc2)nnc1SC(C)C(=O)Nc1cc(Cl)ccc1Cl. The molecule has 2 aromatic carbocycles. The molecule has 0 bridgehead atoms. The second kappa shape index (κ2) is 9.45. The molecule has 0 saturated carbocycles. The molecule has 28 heavy (non-hydrogen) atoms. The Labute approximate surface area is 178 Å². The minimum Gasteiger partial charge on any atom is -0.324 e. The van der Waals surface area contributed by atoms with Gasteiger partial charge in [-0.3, -0.25) is 4.79 Å². The summed E-state index contributed by atoms with van der Waals surface area (Å²) in [6.45, 7) is 4.59. The quantitative estimate of drug-likeness (QED) is 0.511. The number of aromatic nitrogens is 3. The zero-order valence-corrected chi connectivity index (χ0v) is 17.9. The third-order valence-electron chi connectivity index (χ3n) is 4.15. The second-order valence-electron chi connectivity index (χ2n) is 6.18. The highest BCUT2D eigenvalue weighted by atomic mass is 35.5. The lowest BCUT2D eigenvalue weighted by atomic mass is 10.1. The number of carbonyl (C=O) groups excluding carboxylic acids is 1. The van der Waals surface area contributed by atoms with E-state index in [4.69, 9.17) is 23.2 Å². The number of benzene rings is 2. The third kappa shape index (κ3) is 5.07. The lowest BCUT2D eigenvalue weighted by Gasteiger charge is -2.13. The van der Waals surface area contributed by atoms with Crippen LogP contribution in [0.5, 0.6) is 0 Å². The van der Waals surface area contributed by atoms with Gasteiger partial charge >= 0.3 is 0 Å². The van der Waals surface area contributed by atoms with Gasteiger partial charge in [0.25, 0.3) is 0 Å². The Morgan fingerprint density at radius 3 is 2.64 bits per heavy atom. The lowest BCUT2D eigenvalue weighted by Crippen LogP contribution is -2.23. The maximum atomic E-state index is 12.6. The highest BCUT2D eigenvalue weighted by Crippen LogP contribution is 2.28. The lowest BCUT2D eigenvalue weighted by molar-refractivity contribution is -0.115. The van der Waals surface area contributed by atoms with Gasteiger partial charge in [0, 0.05) is 18.0 Å². The number of hydrogen-bond acceptors (Lipinski definition) is 4. The topological polar surface area (TPSA) is 59.8 Å². The number of halogens is 2. The Morgan fingerprint density at radius 2 is 1.93 bits per heavy atom. The monoisotopic (exact) mass is 434 g/mol. The highest BCUT2D eigenvalue weighted by Gasteiger charge is 2.20. The molecule has 1 atom stereocenters. The molecule has 5 nitrogen and oxygen atoms in total. The fraction of sp³-hybridized carbons (Fsp3) is 0.250. The molecule has 0 aliphatic heterocycles. The predicted octanol–water partition coefficient (Wildman–Crippen LogP) is 5.31. The molecule has 0 aliphatic carbocycles. The molecule has 0 aliphatic rings. The standard InChI is InChI=1S/C20H20Cl2N4OS/c1-3-26-18(11-14-7-5-4-6-8-14)24-25-20(26)28-13(2)19(27)23-17-12-15(21)9-10-16(17)22/h4-10,12-13H,3,11H2,1-2H3,(H,23,27). The molecule has 1 amide bonds. The Morgan fingerprint density at radius 1 is 1.18 bits per heavy atom. The van der Waals surface area contributed by atoms with E-state index in [9.17, 15) is 4.79 Å². The van der Waals surface area contributed by atoms with Crippen LogP contribution in [-0.4, -0.2) is 25.9 Å². The second-order valence-corrected chi connectivity index (χ2v) is 8.33. The Kier molecular flexibility index (Phi) is 6.99. The van der Waals surface area contributed by atoms with Crippen molar-refractivity contribution in [1.29, 1.82) is 0 Å². The summed E-state index contributed by atoms with van der Waals surface area (Å²) in [6, 6.07) is 15.1. The van der Waals surface area contributed by atoms with Crippen LogP contribution in [0.2, 0.25) is 10.0 Å². The Hall–Kier alpha value is -2.02. The van der Waals surface area contributed by atoms with Crippen LogP contribution in [0.4, 0.5) is 5.69 Å². The summed E-state index contributed by atoms with van der Waals surface area (Å²) >= 11 is 13.5. The molecule has 3 rings (SSSR count). The number of hydrogen-bond donors (Lipinski definition) is 1. The molecule has 1 N–H and O–H groups in total. The van der Waals surface area contributed by atoms with Gasteiger partial charge in [0.1, 0.15) is 5.82 Å². The first-order chi connectivity index (χ1) is 13.5. The average Bonchev–Trinajstić information content (AvgIpc) is 3.06. The third-order valence-corrected chi connectivity index (χ3v) is 5.80. The van der Waals surface area contributed by atoms with Crippen molar-refractivity contribution >= 4 is 46.6 Å². The van der Waals surface area contributed by atoms with Crippen LogP contribution in [0, 0.1) is 0 Å². The number of rotatable bonds is 7. The molecule has 146 valence electrons. The zero-order valence-electron chi connectivity index (χ0n) is 15.5. The van der Waals surface area contributed by atoms with E-state index in [1.54, 1.807) is 18.2 Å². The minimum atomic E-state index is -0.380. The molecule has 1 unspecified atom stereocenters. The van der Waals surface area contributed by atoms with Crippen molar-refractivity contribution in [3.8, 4) is 0 Å². The van der Waals surface area contributed by atoms with Gasteiger partial charge in [0.2, 0.25) is 5.91 Å². The van der Waals surface area contributed by atoms with Crippen molar-refractivity contribution in [2.45, 2.75) is 37.2 Å². The molecule has 8 heteroatoms. The Balaban J connectivity index is 1.70. The summed E-state index contributed by atoms with van der Waals surface area (Å²) in [5, 5.41) is 12.7. The van der Waals surface area contributed by atoms with Crippen LogP contribution < -0.4 is 5.32 Å². The number of nitrogens with one attached hydrogen (secondary N) is 1. The van der Waals surface area contributed by atoms with E-state index in [1.165, 1.54) is 17.3 Å². The van der Waals surface area contributed by atoms with E-state index in [0.717, 1.165) is 12.4 Å². The van der Waals surface area contributed by atoms with Crippen LogP contribution in [-0.2, 0) is 17.8 Å². The van der Waals surface area contributed by atoms with Crippen LogP contribution in [0.3, 0.4) is 0 Å². The number of anilines is 1. The fourth-order valence-electron chi connectivity index (χ4n) is 2.67. The smallest absolute Gasteiger partial charge is 0.237 e. The first-order valence-corrected chi connectivity index (χ1v) is 10.5. The summed E-state index contributed by atoms with van der Waals surface area (Å²) in [6.07, 6.45) is 0.695. The van der Waals surface area contributed by atoms with Crippen LogP contribution in [0.15, 0.2) is 53.7 Å². The van der Waals surface area contributed by atoms with Gasteiger partial charge in [-0.25, -0.2) is 0 Å². The van der Waals surface area contributed by atoms with Gasteiger partial charge in [-0.15, -0.1) is 10.2 Å². The summed E-state index contributed by atoms with van der Waals surface area (Å²) in [5.74, 6) is 0.700. The van der Waals surface area contributed by atoms with Crippen molar-refractivity contribution in [1.82, 2.24) is 14.8 Å². The largest absolute Gasteiger partial charge is 0.324 e. The van der Waals surface area contributed by atoms with Crippen molar-refractivity contribution in [2.24, 2.45) is 0 Å². The van der Waals surface area contributed by atoms with Crippen molar-refractivity contribution in [3.05, 3.63) is 70.0 Å². The Bertz CT molecular complexity index is 962. The zero-order chi connectivity index (χ0) is 20.1. The molecular formula is C20H20Cl2N4OS. The van der Waals surface area contributed by atoms with Crippen LogP contribution in [0.25, 0.3) is 0 Å². The van der Waals surface area contributed by atoms with E-state index in [1.807, 2.05) is 36.6 Å². The van der Waals surface area contributed by atoms with E-state index in [-0.39, 0.29) is 11.2 Å². The first-order valence-electron chi connectivity index (χ1n) is 8.86. The molecule has 3 aromatic rings. The van der Waals surface area contributed by atoms with Crippen LogP contribution in [0.1, 0.15) is 25.2 Å². The number of carbonyl (C=O) groups is 1. The maximum absolute atomic E-state index is 12.6. The summed E-state index contributed by atoms with van der Waals surface area (Å²) in [5.41, 5.74) is 1.66. The average molecular weight is 435 g/mol. The molecular weight excluding hydrogens is 415 g/mol. The summed E-state index contributed by atoms with van der Waals surface area (Å²) < 4.78 is 2.04. The number of thioether (sulfide) groups is 1. The van der Waals surface area contributed by atoms with Crippen molar-refractivity contribution in [3.63, 3.8) is 0 Å². The van der Waals surface area contributed by atoms with Crippen LogP contribution >= 0.6 is 35.0 Å². The van der Waals surface area contributed by atoms with Crippen molar-refractivity contribution in [2.75, 3.05) is 5.32 Å². The van der Waals surface area contributed by atoms with Gasteiger partial charge in [-0.1, -0.05) is 65.3 Å². The molecule has 1 aromatic heterocycles. The fourth-order valence-corrected chi connectivity index (χ4v) is 3.94. The molecule has 0 spiro atoms. The molecule has 1 heterocycles. The molecule has 0 saturated heterocycles. The normalized spacial score (nSPS) is 12.0. The highest BCUT2D eigenvalue weighted by molar-refractivity contribution is 8.00. The van der Waals surface area contributed by atoms with E-state index >= 15 is 0 Å². The van der Waals surface area contributed by atoms with Gasteiger partial charge < -0.3 is 9.88 Å². The summed E-state index contributed by atoms with van der Waals surface area (Å²) in [4.78, 5) is 12.6. The van der Waals surface area contributed by atoms with Gasteiger partial charge in [0.15, 0.2) is 5.16 Å². The minimum absolute atomic E-state index is 0.176. The first kappa shape index (κ1) is 20.7. The number of amides is 1. The predicted molar refractivity (Wildman–Crippen MR) is 115 cm³/mol. The van der Waals surface area contributed by atoms with E-state index in [2.05, 4.69) is 27.6 Å². The maximum Gasteiger partial charge on any atom is 0.237 e. The van der Waals surface area contributed by atoms with E-state index in [0.29, 0.717) is 27.3 Å².